The van der Waals surface area contributed by atoms with Crippen molar-refractivity contribution >= 4 is 0 Å². The van der Waals surface area contributed by atoms with E-state index in [9.17, 15) is 0 Å². The third-order valence-electron chi connectivity index (χ3n) is 7.38. The summed E-state index contributed by atoms with van der Waals surface area (Å²) in [4.78, 5) is 5.26. The van der Waals surface area contributed by atoms with E-state index in [2.05, 4.69) is 64.8 Å². The molecule has 0 aromatic heterocycles. The lowest BCUT2D eigenvalue weighted by Gasteiger charge is -2.43. The third kappa shape index (κ3) is 5.25. The molecule has 25 heavy (non-hydrogen) atoms. The Morgan fingerprint density at radius 2 is 1.68 bits per heavy atom. The molecule has 0 bridgehead atoms. The molecule has 0 radical (unpaired) electrons. The van der Waals surface area contributed by atoms with Gasteiger partial charge in [0.05, 0.1) is 0 Å². The molecule has 0 amide bonds. The zero-order valence-electron chi connectivity index (χ0n) is 18.1. The first-order chi connectivity index (χ1) is 11.6. The maximum Gasteiger partial charge on any atom is 0.0258 e. The molecule has 2 unspecified atom stereocenters. The average molecular weight is 349 g/mol. The van der Waals surface area contributed by atoms with Gasteiger partial charge in [0.2, 0.25) is 0 Å². The predicted molar refractivity (Wildman–Crippen MR) is 111 cm³/mol. The van der Waals surface area contributed by atoms with Crippen LogP contribution in [-0.2, 0) is 0 Å². The van der Waals surface area contributed by atoms with Crippen molar-refractivity contribution < 1.29 is 0 Å². The van der Waals surface area contributed by atoms with Crippen LogP contribution in [0.2, 0.25) is 0 Å². The predicted octanol–water partition coefficient (Wildman–Crippen LogP) is 5.79. The summed E-state index contributed by atoms with van der Waals surface area (Å²) in [6.07, 6.45) is 6.62. The fraction of sp³-hybridized carbons (Fsp3) is 0.913. The summed E-state index contributed by atoms with van der Waals surface area (Å²) in [7, 11) is 0. The van der Waals surface area contributed by atoms with Gasteiger partial charge in [0.15, 0.2) is 0 Å². The largest absolute Gasteiger partial charge is 0.372 e. The zero-order chi connectivity index (χ0) is 18.8. The van der Waals surface area contributed by atoms with Gasteiger partial charge >= 0.3 is 0 Å². The summed E-state index contributed by atoms with van der Waals surface area (Å²) in [5.41, 5.74) is 1.85. The summed E-state index contributed by atoms with van der Waals surface area (Å²) in [5.74, 6) is 2.47. The van der Waals surface area contributed by atoms with Gasteiger partial charge in [-0.15, -0.1) is 0 Å². The van der Waals surface area contributed by atoms with Crippen molar-refractivity contribution in [2.75, 3.05) is 19.6 Å². The Kier molecular flexibility index (Phi) is 7.04. The van der Waals surface area contributed by atoms with Crippen molar-refractivity contribution in [1.82, 2.24) is 9.80 Å². The molecule has 2 nitrogen and oxygen atoms in total. The van der Waals surface area contributed by atoms with Gasteiger partial charge in [-0.05, 0) is 89.1 Å². The molecule has 2 heterocycles. The molecule has 2 aliphatic rings. The van der Waals surface area contributed by atoms with E-state index in [1.54, 1.807) is 0 Å². The summed E-state index contributed by atoms with van der Waals surface area (Å²) < 4.78 is 0. The van der Waals surface area contributed by atoms with Crippen LogP contribution in [0, 0.1) is 23.2 Å². The average Bonchev–Trinajstić information content (AvgIpc) is 2.95. The lowest BCUT2D eigenvalue weighted by atomic mass is 9.70. The molecule has 0 spiro atoms. The van der Waals surface area contributed by atoms with Crippen molar-refractivity contribution in [3.05, 3.63) is 12.3 Å². The van der Waals surface area contributed by atoms with Gasteiger partial charge in [0.25, 0.3) is 0 Å². The van der Waals surface area contributed by atoms with Crippen LogP contribution in [0.25, 0.3) is 0 Å². The van der Waals surface area contributed by atoms with E-state index >= 15 is 0 Å². The highest BCUT2D eigenvalue weighted by molar-refractivity contribution is 5.05. The maximum atomic E-state index is 4.37. The Bertz CT molecular complexity index is 429. The van der Waals surface area contributed by atoms with Crippen LogP contribution >= 0.6 is 0 Å². The van der Waals surface area contributed by atoms with Crippen LogP contribution in [0.15, 0.2) is 12.3 Å². The minimum atomic E-state index is 0.468. The number of rotatable bonds is 7. The Morgan fingerprint density at radius 3 is 2.16 bits per heavy atom. The van der Waals surface area contributed by atoms with Gasteiger partial charge in [-0.2, -0.15) is 0 Å². The molecular weight excluding hydrogens is 304 g/mol. The first kappa shape index (κ1) is 20.8. The quantitative estimate of drug-likeness (QED) is 0.574. The number of piperidine rings is 1. The number of likely N-dealkylation sites (tertiary alicyclic amines) is 2. The highest BCUT2D eigenvalue weighted by Crippen LogP contribution is 2.40. The molecule has 0 aromatic rings. The molecule has 2 heteroatoms. The SMILES string of the molecule is C=C1CC(C(C)C)CN1C(C)CCC(C)(C)C1CCN(C(C)C)CC1. The number of hydrogen-bond donors (Lipinski definition) is 0. The van der Waals surface area contributed by atoms with E-state index in [0.717, 1.165) is 17.8 Å². The van der Waals surface area contributed by atoms with Crippen molar-refractivity contribution in [3.8, 4) is 0 Å². The normalized spacial score (nSPS) is 25.4. The van der Waals surface area contributed by atoms with Gasteiger partial charge in [-0.1, -0.05) is 34.3 Å². The van der Waals surface area contributed by atoms with Crippen LogP contribution in [-0.4, -0.2) is 41.5 Å². The Morgan fingerprint density at radius 1 is 1.08 bits per heavy atom. The standard InChI is InChI=1S/C23H44N2/c1-17(2)21-15-20(6)25(16-21)19(5)9-12-23(7,8)22-10-13-24(14-11-22)18(3)4/h17-19,21-22H,6,9-16H2,1-5,7-8H3. The van der Waals surface area contributed by atoms with Gasteiger partial charge < -0.3 is 9.80 Å². The lowest BCUT2D eigenvalue weighted by molar-refractivity contribution is 0.0719. The monoisotopic (exact) mass is 348 g/mol. The van der Waals surface area contributed by atoms with Crippen molar-refractivity contribution in [2.45, 2.75) is 92.7 Å². The molecule has 0 aliphatic carbocycles. The zero-order valence-corrected chi connectivity index (χ0v) is 18.1. The fourth-order valence-corrected chi connectivity index (χ4v) is 4.94. The minimum absolute atomic E-state index is 0.468. The van der Waals surface area contributed by atoms with Gasteiger partial charge in [0.1, 0.15) is 0 Å². The smallest absolute Gasteiger partial charge is 0.0258 e. The number of nitrogens with zero attached hydrogens (tertiary/aromatic N) is 2. The molecule has 0 saturated carbocycles. The van der Waals surface area contributed by atoms with Crippen LogP contribution in [0.3, 0.4) is 0 Å². The Hall–Kier alpha value is -0.500. The van der Waals surface area contributed by atoms with Crippen LogP contribution < -0.4 is 0 Å². The van der Waals surface area contributed by atoms with Gasteiger partial charge in [-0.3, -0.25) is 0 Å². The number of hydrogen-bond acceptors (Lipinski definition) is 2. The second-order valence-corrected chi connectivity index (χ2v) is 10.2. The van der Waals surface area contributed by atoms with Crippen molar-refractivity contribution in [3.63, 3.8) is 0 Å². The summed E-state index contributed by atoms with van der Waals surface area (Å²) in [6.45, 7) is 25.0. The Balaban J connectivity index is 1.82. The topological polar surface area (TPSA) is 6.48 Å². The molecule has 2 atom stereocenters. The lowest BCUT2D eigenvalue weighted by Crippen LogP contribution is -2.42. The molecule has 2 saturated heterocycles. The van der Waals surface area contributed by atoms with Crippen molar-refractivity contribution in [1.29, 1.82) is 0 Å². The third-order valence-corrected chi connectivity index (χ3v) is 7.38. The number of allylic oxidation sites excluding steroid dienone is 1. The molecule has 2 fully saturated rings. The van der Waals surface area contributed by atoms with Crippen LogP contribution in [0.4, 0.5) is 0 Å². The second-order valence-electron chi connectivity index (χ2n) is 10.2. The second kappa shape index (κ2) is 8.46. The molecule has 2 aliphatic heterocycles. The van der Waals surface area contributed by atoms with Crippen LogP contribution in [0.5, 0.6) is 0 Å². The molecule has 146 valence electrons. The van der Waals surface area contributed by atoms with E-state index in [-0.39, 0.29) is 0 Å². The van der Waals surface area contributed by atoms with E-state index in [1.807, 2.05) is 0 Å². The molecule has 2 rings (SSSR count). The molecule has 0 N–H and O–H groups in total. The van der Waals surface area contributed by atoms with Gasteiger partial charge in [-0.25, -0.2) is 0 Å². The minimum Gasteiger partial charge on any atom is -0.372 e. The van der Waals surface area contributed by atoms with E-state index in [0.29, 0.717) is 17.5 Å². The summed E-state index contributed by atoms with van der Waals surface area (Å²) in [5, 5.41) is 0. The highest BCUT2D eigenvalue weighted by atomic mass is 15.2. The molecule has 0 aromatic carbocycles. The van der Waals surface area contributed by atoms with E-state index in [1.165, 1.54) is 57.4 Å². The fourth-order valence-electron chi connectivity index (χ4n) is 4.94. The van der Waals surface area contributed by atoms with E-state index in [4.69, 9.17) is 0 Å². The maximum absolute atomic E-state index is 4.37. The van der Waals surface area contributed by atoms with Crippen LogP contribution in [0.1, 0.15) is 80.6 Å². The van der Waals surface area contributed by atoms with Gasteiger partial charge in [0, 0.05) is 24.3 Å². The summed E-state index contributed by atoms with van der Waals surface area (Å²) >= 11 is 0. The van der Waals surface area contributed by atoms with Crippen molar-refractivity contribution in [2.24, 2.45) is 23.2 Å². The first-order valence-electron chi connectivity index (χ1n) is 10.8. The Labute approximate surface area is 158 Å². The highest BCUT2D eigenvalue weighted by Gasteiger charge is 2.35. The van der Waals surface area contributed by atoms with E-state index < -0.39 is 0 Å². The summed E-state index contributed by atoms with van der Waals surface area (Å²) in [6, 6.07) is 1.35. The first-order valence-corrected chi connectivity index (χ1v) is 10.8. The molecular formula is C23H44N2.